The molecule has 1 rings (SSSR count). The molecule has 4 heteroatoms. The Hall–Kier alpha value is -1.58. The lowest BCUT2D eigenvalue weighted by molar-refractivity contribution is 0.0961. The van der Waals surface area contributed by atoms with Gasteiger partial charge in [-0.1, -0.05) is 0 Å². The number of rotatable bonds is 1. The van der Waals surface area contributed by atoms with Crippen LogP contribution in [0.2, 0.25) is 0 Å². The smallest absolute Gasteiger partial charge is 0.261 e. The molecule has 0 atom stereocenters. The van der Waals surface area contributed by atoms with E-state index in [1.54, 1.807) is 19.9 Å². The van der Waals surface area contributed by atoms with Crippen molar-refractivity contribution < 1.29 is 4.79 Å². The van der Waals surface area contributed by atoms with E-state index in [9.17, 15) is 9.59 Å². The summed E-state index contributed by atoms with van der Waals surface area (Å²) in [5.41, 5.74) is 1.31. The molecule has 0 aliphatic rings. The summed E-state index contributed by atoms with van der Waals surface area (Å²) >= 11 is 0. The van der Waals surface area contributed by atoms with E-state index in [-0.39, 0.29) is 17.0 Å². The van der Waals surface area contributed by atoms with Gasteiger partial charge in [-0.3, -0.25) is 9.59 Å². The number of aromatic nitrogens is 1. The summed E-state index contributed by atoms with van der Waals surface area (Å²) < 4.78 is 0. The molecule has 1 aromatic rings. The second-order valence-corrected chi connectivity index (χ2v) is 2.92. The predicted molar refractivity (Wildman–Crippen MR) is 49.9 cm³/mol. The fraction of sp³-hybridized carbons (Fsp3) is 0.333. The summed E-state index contributed by atoms with van der Waals surface area (Å²) in [5.74, 6) is -0.348. The van der Waals surface area contributed by atoms with Crippen LogP contribution in [0.25, 0.3) is 0 Å². The van der Waals surface area contributed by atoms with Gasteiger partial charge in [0, 0.05) is 12.7 Å². The highest BCUT2D eigenvalue weighted by molar-refractivity contribution is 5.94. The average Bonchev–Trinajstić information content (AvgIpc) is 2.02. The first-order valence-corrected chi connectivity index (χ1v) is 3.99. The van der Waals surface area contributed by atoms with Gasteiger partial charge in [0.1, 0.15) is 5.56 Å². The van der Waals surface area contributed by atoms with E-state index in [1.807, 2.05) is 0 Å². The van der Waals surface area contributed by atoms with E-state index in [0.717, 1.165) is 5.69 Å². The number of carbonyl (C=O) groups is 1. The first-order chi connectivity index (χ1) is 6.06. The van der Waals surface area contributed by atoms with Crippen molar-refractivity contribution in [3.63, 3.8) is 0 Å². The van der Waals surface area contributed by atoms with Gasteiger partial charge in [0.2, 0.25) is 0 Å². The Bertz CT molecular complexity index is 393. The number of aromatic amines is 1. The summed E-state index contributed by atoms with van der Waals surface area (Å²) in [4.78, 5) is 25.2. The SMILES string of the molecule is CNC(=O)c1c(C)cc(C)[nH]c1=O. The number of hydrogen-bond donors (Lipinski definition) is 2. The van der Waals surface area contributed by atoms with Crippen molar-refractivity contribution in [2.75, 3.05) is 7.05 Å². The minimum Gasteiger partial charge on any atom is -0.355 e. The molecule has 13 heavy (non-hydrogen) atoms. The van der Waals surface area contributed by atoms with E-state index in [1.165, 1.54) is 7.05 Å². The van der Waals surface area contributed by atoms with Crippen LogP contribution in [0.5, 0.6) is 0 Å². The molecule has 0 aliphatic heterocycles. The third-order valence-electron chi connectivity index (χ3n) is 1.82. The Kier molecular flexibility index (Phi) is 2.51. The third kappa shape index (κ3) is 1.77. The van der Waals surface area contributed by atoms with Gasteiger partial charge >= 0.3 is 0 Å². The molecule has 0 unspecified atom stereocenters. The summed E-state index contributed by atoms with van der Waals surface area (Å²) in [5, 5.41) is 2.42. The minimum absolute atomic E-state index is 0.188. The molecule has 70 valence electrons. The Morgan fingerprint density at radius 2 is 2.08 bits per heavy atom. The van der Waals surface area contributed by atoms with Gasteiger partial charge in [0.05, 0.1) is 0 Å². The van der Waals surface area contributed by atoms with Crippen LogP contribution in [0.4, 0.5) is 0 Å². The fourth-order valence-electron chi connectivity index (χ4n) is 1.26. The monoisotopic (exact) mass is 180 g/mol. The quantitative estimate of drug-likeness (QED) is 0.655. The number of carbonyl (C=O) groups excluding carboxylic acids is 1. The number of hydrogen-bond acceptors (Lipinski definition) is 2. The Morgan fingerprint density at radius 3 is 2.54 bits per heavy atom. The lowest BCUT2D eigenvalue weighted by Gasteiger charge is -2.03. The van der Waals surface area contributed by atoms with Crippen LogP contribution in [-0.4, -0.2) is 17.9 Å². The van der Waals surface area contributed by atoms with Gasteiger partial charge in [-0.2, -0.15) is 0 Å². The Labute approximate surface area is 76.0 Å². The average molecular weight is 180 g/mol. The van der Waals surface area contributed by atoms with Crippen molar-refractivity contribution in [2.45, 2.75) is 13.8 Å². The number of amides is 1. The van der Waals surface area contributed by atoms with Crippen molar-refractivity contribution in [1.29, 1.82) is 0 Å². The van der Waals surface area contributed by atoms with Crippen LogP contribution in [0.1, 0.15) is 21.6 Å². The van der Waals surface area contributed by atoms with E-state index in [4.69, 9.17) is 0 Å². The van der Waals surface area contributed by atoms with Gasteiger partial charge in [-0.25, -0.2) is 0 Å². The summed E-state index contributed by atoms with van der Waals surface area (Å²) in [6.07, 6.45) is 0. The highest BCUT2D eigenvalue weighted by Gasteiger charge is 2.11. The molecule has 0 bridgehead atoms. The molecule has 1 aromatic heterocycles. The van der Waals surface area contributed by atoms with Crippen LogP contribution >= 0.6 is 0 Å². The van der Waals surface area contributed by atoms with E-state index in [0.29, 0.717) is 5.56 Å². The number of nitrogens with one attached hydrogen (secondary N) is 2. The third-order valence-corrected chi connectivity index (χ3v) is 1.82. The predicted octanol–water partition coefficient (Wildman–Crippen LogP) is 0.351. The van der Waals surface area contributed by atoms with Crippen LogP contribution in [0.15, 0.2) is 10.9 Å². The number of pyridine rings is 1. The van der Waals surface area contributed by atoms with E-state index < -0.39 is 0 Å². The van der Waals surface area contributed by atoms with Crippen molar-refractivity contribution >= 4 is 5.91 Å². The molecule has 0 fully saturated rings. The molecule has 0 aromatic carbocycles. The van der Waals surface area contributed by atoms with Crippen LogP contribution < -0.4 is 10.9 Å². The molecular weight excluding hydrogens is 168 g/mol. The van der Waals surface area contributed by atoms with Crippen molar-refractivity contribution in [2.24, 2.45) is 0 Å². The molecule has 0 saturated heterocycles. The minimum atomic E-state index is -0.348. The molecule has 0 radical (unpaired) electrons. The highest BCUT2D eigenvalue weighted by atomic mass is 16.2. The maximum Gasteiger partial charge on any atom is 0.261 e. The molecule has 2 N–H and O–H groups in total. The summed E-state index contributed by atoms with van der Waals surface area (Å²) in [6, 6.07) is 1.77. The zero-order valence-electron chi connectivity index (χ0n) is 7.89. The largest absolute Gasteiger partial charge is 0.355 e. The number of H-pyrrole nitrogens is 1. The molecule has 0 spiro atoms. The molecule has 0 saturated carbocycles. The standard InChI is InChI=1S/C9H12N2O2/c1-5-4-6(2)11-9(13)7(5)8(12)10-3/h4H,1-3H3,(H,10,12)(H,11,13). The van der Waals surface area contributed by atoms with Crippen LogP contribution in [-0.2, 0) is 0 Å². The van der Waals surface area contributed by atoms with Gasteiger partial charge < -0.3 is 10.3 Å². The lowest BCUT2D eigenvalue weighted by atomic mass is 10.1. The topological polar surface area (TPSA) is 62.0 Å². The molecular formula is C9H12N2O2. The Balaban J connectivity index is 3.38. The van der Waals surface area contributed by atoms with E-state index in [2.05, 4.69) is 10.3 Å². The van der Waals surface area contributed by atoms with Gasteiger partial charge in [-0.15, -0.1) is 0 Å². The highest BCUT2D eigenvalue weighted by Crippen LogP contribution is 2.02. The maximum atomic E-state index is 11.3. The van der Waals surface area contributed by atoms with Gasteiger partial charge in [-0.05, 0) is 25.5 Å². The van der Waals surface area contributed by atoms with Crippen molar-refractivity contribution in [3.05, 3.63) is 33.2 Å². The fourth-order valence-corrected chi connectivity index (χ4v) is 1.26. The second-order valence-electron chi connectivity index (χ2n) is 2.92. The molecule has 0 aliphatic carbocycles. The zero-order chi connectivity index (χ0) is 10.0. The maximum absolute atomic E-state index is 11.3. The molecule has 1 heterocycles. The summed E-state index contributed by atoms with van der Waals surface area (Å²) in [7, 11) is 1.50. The number of aryl methyl sites for hydroxylation is 2. The lowest BCUT2D eigenvalue weighted by Crippen LogP contribution is -2.28. The van der Waals surface area contributed by atoms with Gasteiger partial charge in [0.25, 0.3) is 11.5 Å². The normalized spacial score (nSPS) is 9.77. The second kappa shape index (κ2) is 3.43. The molecule has 1 amide bonds. The van der Waals surface area contributed by atoms with Crippen LogP contribution in [0, 0.1) is 13.8 Å². The van der Waals surface area contributed by atoms with Gasteiger partial charge in [0.15, 0.2) is 0 Å². The first kappa shape index (κ1) is 9.51. The van der Waals surface area contributed by atoms with Crippen molar-refractivity contribution in [3.8, 4) is 0 Å². The van der Waals surface area contributed by atoms with Crippen molar-refractivity contribution in [1.82, 2.24) is 10.3 Å². The van der Waals surface area contributed by atoms with Crippen LogP contribution in [0.3, 0.4) is 0 Å². The zero-order valence-corrected chi connectivity index (χ0v) is 7.89. The Morgan fingerprint density at radius 1 is 1.46 bits per heavy atom. The van der Waals surface area contributed by atoms with E-state index >= 15 is 0 Å². The summed E-state index contributed by atoms with van der Waals surface area (Å²) in [6.45, 7) is 3.52. The first-order valence-electron chi connectivity index (χ1n) is 3.99. The molecule has 4 nitrogen and oxygen atoms in total.